The Labute approximate surface area is 137 Å². The van der Waals surface area contributed by atoms with Crippen molar-refractivity contribution in [2.75, 3.05) is 25.0 Å². The SMILES string of the molecule is CCOc1ccccc1NC(=O)C1CCN(C(=O)C(F)(F)F)CC1. The molecular weight excluding hydrogens is 325 g/mol. The summed E-state index contributed by atoms with van der Waals surface area (Å²) in [4.78, 5) is 24.2. The third-order valence-corrected chi connectivity index (χ3v) is 3.84. The first-order valence-electron chi connectivity index (χ1n) is 7.71. The van der Waals surface area contributed by atoms with E-state index < -0.39 is 18.0 Å². The van der Waals surface area contributed by atoms with E-state index in [0.717, 1.165) is 4.90 Å². The van der Waals surface area contributed by atoms with E-state index in [-0.39, 0.29) is 31.8 Å². The summed E-state index contributed by atoms with van der Waals surface area (Å²) in [6.45, 7) is 2.11. The molecule has 2 rings (SSSR count). The van der Waals surface area contributed by atoms with Crippen LogP contribution in [0.3, 0.4) is 0 Å². The number of nitrogens with one attached hydrogen (secondary N) is 1. The predicted molar refractivity (Wildman–Crippen MR) is 81.6 cm³/mol. The number of carbonyl (C=O) groups excluding carboxylic acids is 2. The molecule has 1 saturated heterocycles. The van der Waals surface area contributed by atoms with E-state index in [1.165, 1.54) is 0 Å². The molecule has 0 unspecified atom stereocenters. The van der Waals surface area contributed by atoms with E-state index in [2.05, 4.69) is 5.32 Å². The highest BCUT2D eigenvalue weighted by Crippen LogP contribution is 2.27. The van der Waals surface area contributed by atoms with Crippen molar-refractivity contribution >= 4 is 17.5 Å². The highest BCUT2D eigenvalue weighted by Gasteiger charge is 2.43. The molecule has 1 aromatic rings. The van der Waals surface area contributed by atoms with Crippen LogP contribution in [0.15, 0.2) is 24.3 Å². The van der Waals surface area contributed by atoms with Crippen molar-refractivity contribution in [1.82, 2.24) is 4.90 Å². The topological polar surface area (TPSA) is 58.6 Å². The van der Waals surface area contributed by atoms with E-state index >= 15 is 0 Å². The standard InChI is InChI=1S/C16H19F3N2O3/c1-2-24-13-6-4-3-5-12(13)20-14(22)11-7-9-21(10-8-11)15(23)16(17,18)19/h3-6,11H,2,7-10H2,1H3,(H,20,22). The molecule has 0 spiro atoms. The van der Waals surface area contributed by atoms with Crippen LogP contribution in [0.4, 0.5) is 18.9 Å². The fourth-order valence-electron chi connectivity index (χ4n) is 2.61. The molecule has 1 aliphatic heterocycles. The summed E-state index contributed by atoms with van der Waals surface area (Å²) >= 11 is 0. The summed E-state index contributed by atoms with van der Waals surface area (Å²) in [7, 11) is 0. The van der Waals surface area contributed by atoms with Crippen LogP contribution >= 0.6 is 0 Å². The maximum Gasteiger partial charge on any atom is 0.471 e. The van der Waals surface area contributed by atoms with Crippen LogP contribution in [-0.2, 0) is 9.59 Å². The van der Waals surface area contributed by atoms with Gasteiger partial charge in [-0.2, -0.15) is 13.2 Å². The van der Waals surface area contributed by atoms with Crippen LogP contribution in [0.1, 0.15) is 19.8 Å². The van der Waals surface area contributed by atoms with Crippen molar-refractivity contribution in [2.45, 2.75) is 25.9 Å². The Hall–Kier alpha value is -2.25. The summed E-state index contributed by atoms with van der Waals surface area (Å²) in [6.07, 6.45) is -4.47. The number of nitrogens with zero attached hydrogens (tertiary/aromatic N) is 1. The Morgan fingerprint density at radius 2 is 1.88 bits per heavy atom. The number of likely N-dealkylation sites (tertiary alicyclic amines) is 1. The molecule has 0 radical (unpaired) electrons. The molecule has 0 aliphatic carbocycles. The lowest BCUT2D eigenvalue weighted by molar-refractivity contribution is -0.186. The highest BCUT2D eigenvalue weighted by molar-refractivity contribution is 5.94. The number of ether oxygens (including phenoxy) is 1. The van der Waals surface area contributed by atoms with Crippen molar-refractivity contribution in [3.63, 3.8) is 0 Å². The normalized spacial score (nSPS) is 15.9. The zero-order valence-electron chi connectivity index (χ0n) is 13.2. The van der Waals surface area contributed by atoms with Gasteiger partial charge in [-0.05, 0) is 31.9 Å². The van der Waals surface area contributed by atoms with Crippen LogP contribution in [0.25, 0.3) is 0 Å². The second-order valence-corrected chi connectivity index (χ2v) is 5.48. The molecule has 24 heavy (non-hydrogen) atoms. The number of alkyl halides is 3. The number of benzene rings is 1. The molecule has 8 heteroatoms. The van der Waals surface area contributed by atoms with Crippen molar-refractivity contribution < 1.29 is 27.5 Å². The van der Waals surface area contributed by atoms with E-state index in [9.17, 15) is 22.8 Å². The second kappa shape index (κ2) is 7.55. The maximum atomic E-state index is 12.4. The van der Waals surface area contributed by atoms with Gasteiger partial charge in [0.05, 0.1) is 12.3 Å². The lowest BCUT2D eigenvalue weighted by atomic mass is 9.95. The molecule has 0 atom stereocenters. The molecule has 1 N–H and O–H groups in total. The molecule has 1 heterocycles. The number of hydrogen-bond donors (Lipinski definition) is 1. The first-order chi connectivity index (χ1) is 11.3. The molecule has 1 aromatic carbocycles. The van der Waals surface area contributed by atoms with Crippen molar-refractivity contribution in [3.05, 3.63) is 24.3 Å². The number of amides is 2. The van der Waals surface area contributed by atoms with E-state index in [1.54, 1.807) is 24.3 Å². The van der Waals surface area contributed by atoms with Crippen LogP contribution in [0.2, 0.25) is 0 Å². The van der Waals surface area contributed by atoms with Gasteiger partial charge in [-0.15, -0.1) is 0 Å². The van der Waals surface area contributed by atoms with Gasteiger partial charge in [-0.3, -0.25) is 9.59 Å². The zero-order valence-corrected chi connectivity index (χ0v) is 13.2. The van der Waals surface area contributed by atoms with Crippen LogP contribution in [-0.4, -0.2) is 42.6 Å². The molecular formula is C16H19F3N2O3. The Kier molecular flexibility index (Phi) is 5.69. The second-order valence-electron chi connectivity index (χ2n) is 5.48. The third-order valence-electron chi connectivity index (χ3n) is 3.84. The van der Waals surface area contributed by atoms with Gasteiger partial charge in [0.25, 0.3) is 0 Å². The Morgan fingerprint density at radius 3 is 2.46 bits per heavy atom. The molecule has 0 bridgehead atoms. The number of rotatable bonds is 4. The summed E-state index contributed by atoms with van der Waals surface area (Å²) in [5, 5.41) is 2.75. The average Bonchev–Trinajstić information content (AvgIpc) is 2.55. The Balaban J connectivity index is 1.93. The summed E-state index contributed by atoms with van der Waals surface area (Å²) in [6, 6.07) is 6.96. The Morgan fingerprint density at radius 1 is 1.25 bits per heavy atom. The average molecular weight is 344 g/mol. The lowest BCUT2D eigenvalue weighted by Gasteiger charge is -2.31. The van der Waals surface area contributed by atoms with Crippen LogP contribution in [0, 0.1) is 5.92 Å². The zero-order chi connectivity index (χ0) is 17.7. The molecule has 5 nitrogen and oxygen atoms in total. The Bertz CT molecular complexity index is 596. The molecule has 132 valence electrons. The van der Waals surface area contributed by atoms with Gasteiger partial charge in [0, 0.05) is 19.0 Å². The fraction of sp³-hybridized carbons (Fsp3) is 0.500. The smallest absolute Gasteiger partial charge is 0.471 e. The first-order valence-corrected chi connectivity index (χ1v) is 7.71. The molecule has 0 saturated carbocycles. The first kappa shape index (κ1) is 18.1. The van der Waals surface area contributed by atoms with E-state index in [1.807, 2.05) is 6.92 Å². The number of hydrogen-bond acceptors (Lipinski definition) is 3. The van der Waals surface area contributed by atoms with Gasteiger partial charge in [0.15, 0.2) is 0 Å². The predicted octanol–water partition coefficient (Wildman–Crippen LogP) is 2.82. The van der Waals surface area contributed by atoms with E-state index in [4.69, 9.17) is 4.74 Å². The lowest BCUT2D eigenvalue weighted by Crippen LogP contribution is -2.46. The van der Waals surface area contributed by atoms with E-state index in [0.29, 0.717) is 18.0 Å². The van der Waals surface area contributed by atoms with Gasteiger partial charge < -0.3 is 15.0 Å². The third kappa shape index (κ3) is 4.39. The minimum atomic E-state index is -4.87. The summed E-state index contributed by atoms with van der Waals surface area (Å²) < 4.78 is 42.6. The van der Waals surface area contributed by atoms with Crippen molar-refractivity contribution in [3.8, 4) is 5.75 Å². The minimum absolute atomic E-state index is 0.0798. The summed E-state index contributed by atoms with van der Waals surface area (Å²) in [5.41, 5.74) is 0.526. The molecule has 0 aromatic heterocycles. The quantitative estimate of drug-likeness (QED) is 0.914. The van der Waals surface area contributed by atoms with Gasteiger partial charge in [0.1, 0.15) is 5.75 Å². The monoisotopic (exact) mass is 344 g/mol. The number of piperidine rings is 1. The number of halogens is 3. The molecule has 2 amide bonds. The largest absolute Gasteiger partial charge is 0.492 e. The highest BCUT2D eigenvalue weighted by atomic mass is 19.4. The van der Waals surface area contributed by atoms with Gasteiger partial charge in [-0.25, -0.2) is 0 Å². The number of carbonyl (C=O) groups is 2. The van der Waals surface area contributed by atoms with Crippen LogP contribution < -0.4 is 10.1 Å². The number of para-hydroxylation sites is 2. The minimum Gasteiger partial charge on any atom is -0.492 e. The van der Waals surface area contributed by atoms with Crippen molar-refractivity contribution in [1.29, 1.82) is 0 Å². The van der Waals surface area contributed by atoms with Gasteiger partial charge in [0.2, 0.25) is 5.91 Å². The maximum absolute atomic E-state index is 12.4. The van der Waals surface area contributed by atoms with Gasteiger partial charge >= 0.3 is 12.1 Å². The van der Waals surface area contributed by atoms with Crippen LogP contribution in [0.5, 0.6) is 5.75 Å². The molecule has 1 aliphatic rings. The van der Waals surface area contributed by atoms with Gasteiger partial charge in [-0.1, -0.05) is 12.1 Å². The molecule has 1 fully saturated rings. The fourth-order valence-corrected chi connectivity index (χ4v) is 2.61. The number of anilines is 1. The summed E-state index contributed by atoms with van der Waals surface area (Å²) in [5.74, 6) is -2.01. The van der Waals surface area contributed by atoms with Crippen molar-refractivity contribution in [2.24, 2.45) is 5.92 Å².